The average Bonchev–Trinajstić information content (AvgIpc) is 2.28. The first-order valence-electron chi connectivity index (χ1n) is 6.22. The van der Waals surface area contributed by atoms with Gasteiger partial charge in [0.25, 0.3) is 0 Å². The Morgan fingerprint density at radius 2 is 1.67 bits per heavy atom. The molecule has 0 aromatic heterocycles. The first-order chi connectivity index (χ1) is 8.40. The molecule has 0 aliphatic rings. The predicted octanol–water partition coefficient (Wildman–Crippen LogP) is 2.39. The van der Waals surface area contributed by atoms with Crippen LogP contribution in [0, 0.1) is 5.82 Å². The first-order valence-corrected chi connectivity index (χ1v) is 6.22. The third kappa shape index (κ3) is 4.45. The number of rotatable bonds is 5. The molecular weight excluding hydrogens is 231 g/mol. The third-order valence-corrected chi connectivity index (χ3v) is 2.69. The summed E-state index contributed by atoms with van der Waals surface area (Å²) in [6.07, 6.45) is 0. The van der Waals surface area contributed by atoms with Crippen molar-refractivity contribution in [3.05, 3.63) is 35.6 Å². The van der Waals surface area contributed by atoms with E-state index < -0.39 is 0 Å². The molecule has 0 spiro atoms. The molecule has 1 aromatic rings. The second-order valence-electron chi connectivity index (χ2n) is 4.82. The average molecular weight is 252 g/mol. The van der Waals surface area contributed by atoms with E-state index in [0.717, 1.165) is 5.56 Å². The van der Waals surface area contributed by atoms with Crippen molar-refractivity contribution in [2.45, 2.75) is 45.8 Å². The molecular formula is C14H21FN2O. The minimum Gasteiger partial charge on any atom is -0.353 e. The molecule has 0 saturated heterocycles. The molecule has 1 amide bonds. The number of benzene rings is 1. The molecule has 2 N–H and O–H groups in total. The maximum absolute atomic E-state index is 12.8. The number of carbonyl (C=O) groups excluding carboxylic acids is 1. The minimum absolute atomic E-state index is 0.00138. The summed E-state index contributed by atoms with van der Waals surface area (Å²) < 4.78 is 12.8. The Morgan fingerprint density at radius 3 is 2.17 bits per heavy atom. The van der Waals surface area contributed by atoms with Crippen LogP contribution in [0.4, 0.5) is 4.39 Å². The topological polar surface area (TPSA) is 41.1 Å². The van der Waals surface area contributed by atoms with Crippen LogP contribution in [0.3, 0.4) is 0 Å². The van der Waals surface area contributed by atoms with Crippen LogP contribution in [-0.2, 0) is 4.79 Å². The largest absolute Gasteiger partial charge is 0.353 e. The van der Waals surface area contributed by atoms with E-state index in [1.165, 1.54) is 12.1 Å². The number of nitrogens with one attached hydrogen (secondary N) is 2. The van der Waals surface area contributed by atoms with Crippen molar-refractivity contribution in [2.75, 3.05) is 0 Å². The molecule has 100 valence electrons. The summed E-state index contributed by atoms with van der Waals surface area (Å²) in [6.45, 7) is 7.62. The Balaban J connectivity index is 2.56. The van der Waals surface area contributed by atoms with Crippen molar-refractivity contribution >= 4 is 5.91 Å². The molecule has 0 fully saturated rings. The van der Waals surface area contributed by atoms with Gasteiger partial charge in [-0.1, -0.05) is 12.1 Å². The fourth-order valence-electron chi connectivity index (χ4n) is 1.71. The third-order valence-electron chi connectivity index (χ3n) is 2.69. The summed E-state index contributed by atoms with van der Waals surface area (Å²) in [5, 5.41) is 6.03. The second-order valence-corrected chi connectivity index (χ2v) is 4.82. The molecule has 0 aliphatic heterocycles. The van der Waals surface area contributed by atoms with Crippen LogP contribution in [0.1, 0.15) is 39.3 Å². The predicted molar refractivity (Wildman–Crippen MR) is 70.7 cm³/mol. The highest BCUT2D eigenvalue weighted by molar-refractivity contribution is 5.81. The maximum atomic E-state index is 12.8. The Morgan fingerprint density at radius 1 is 1.11 bits per heavy atom. The number of hydrogen-bond donors (Lipinski definition) is 2. The summed E-state index contributed by atoms with van der Waals surface area (Å²) in [7, 11) is 0. The van der Waals surface area contributed by atoms with Gasteiger partial charge in [-0.15, -0.1) is 0 Å². The SMILES string of the molecule is CC(C)NC(=O)C(C)NC(C)c1ccc(F)cc1. The number of hydrogen-bond acceptors (Lipinski definition) is 2. The molecule has 0 radical (unpaired) electrons. The molecule has 1 aromatic carbocycles. The lowest BCUT2D eigenvalue weighted by molar-refractivity contribution is -0.123. The van der Waals surface area contributed by atoms with E-state index in [4.69, 9.17) is 0 Å². The molecule has 0 bridgehead atoms. The van der Waals surface area contributed by atoms with Crippen molar-refractivity contribution < 1.29 is 9.18 Å². The van der Waals surface area contributed by atoms with Crippen LogP contribution in [0.2, 0.25) is 0 Å². The zero-order chi connectivity index (χ0) is 13.7. The van der Waals surface area contributed by atoms with Crippen LogP contribution in [0.5, 0.6) is 0 Å². The Bertz CT molecular complexity index is 389. The fourth-order valence-corrected chi connectivity index (χ4v) is 1.71. The Labute approximate surface area is 108 Å². The maximum Gasteiger partial charge on any atom is 0.237 e. The summed E-state index contributed by atoms with van der Waals surface area (Å²) >= 11 is 0. The lowest BCUT2D eigenvalue weighted by atomic mass is 10.1. The van der Waals surface area contributed by atoms with E-state index in [9.17, 15) is 9.18 Å². The molecule has 2 atom stereocenters. The second kappa shape index (κ2) is 6.50. The lowest BCUT2D eigenvalue weighted by Crippen LogP contribution is -2.45. The monoisotopic (exact) mass is 252 g/mol. The highest BCUT2D eigenvalue weighted by Gasteiger charge is 2.16. The smallest absolute Gasteiger partial charge is 0.237 e. The van der Waals surface area contributed by atoms with Crippen LogP contribution >= 0.6 is 0 Å². The van der Waals surface area contributed by atoms with Crippen molar-refractivity contribution in [2.24, 2.45) is 0 Å². The van der Waals surface area contributed by atoms with Gasteiger partial charge in [-0.2, -0.15) is 0 Å². The summed E-state index contributed by atoms with van der Waals surface area (Å²) in [5.74, 6) is -0.282. The van der Waals surface area contributed by atoms with E-state index in [0.29, 0.717) is 0 Å². The van der Waals surface area contributed by atoms with Crippen molar-refractivity contribution in [3.8, 4) is 0 Å². The van der Waals surface area contributed by atoms with E-state index in [2.05, 4.69) is 10.6 Å². The van der Waals surface area contributed by atoms with Crippen LogP contribution < -0.4 is 10.6 Å². The van der Waals surface area contributed by atoms with Gasteiger partial charge < -0.3 is 5.32 Å². The molecule has 18 heavy (non-hydrogen) atoms. The molecule has 3 nitrogen and oxygen atoms in total. The fraction of sp³-hybridized carbons (Fsp3) is 0.500. The molecule has 1 rings (SSSR count). The van der Waals surface area contributed by atoms with Gasteiger partial charge in [0.1, 0.15) is 5.82 Å². The van der Waals surface area contributed by atoms with Crippen molar-refractivity contribution in [1.29, 1.82) is 0 Å². The normalized spacial score (nSPS) is 14.3. The van der Waals surface area contributed by atoms with Gasteiger partial charge >= 0.3 is 0 Å². The van der Waals surface area contributed by atoms with Gasteiger partial charge in [0, 0.05) is 12.1 Å². The Kier molecular flexibility index (Phi) is 5.28. The van der Waals surface area contributed by atoms with E-state index >= 15 is 0 Å². The zero-order valence-electron chi connectivity index (χ0n) is 11.3. The number of carbonyl (C=O) groups is 1. The highest BCUT2D eigenvalue weighted by atomic mass is 19.1. The van der Waals surface area contributed by atoms with E-state index in [1.807, 2.05) is 27.7 Å². The van der Waals surface area contributed by atoms with Gasteiger partial charge in [0.2, 0.25) is 5.91 Å². The lowest BCUT2D eigenvalue weighted by Gasteiger charge is -2.21. The van der Waals surface area contributed by atoms with Crippen molar-refractivity contribution in [3.63, 3.8) is 0 Å². The standard InChI is InChI=1S/C14H21FN2O/c1-9(2)16-14(18)11(4)17-10(3)12-5-7-13(15)8-6-12/h5-11,17H,1-4H3,(H,16,18). The summed E-state index contributed by atoms with van der Waals surface area (Å²) in [6, 6.07) is 6.13. The molecule has 2 unspecified atom stereocenters. The van der Waals surface area contributed by atoms with E-state index in [-0.39, 0.29) is 29.8 Å². The first kappa shape index (κ1) is 14.6. The van der Waals surface area contributed by atoms with Crippen LogP contribution in [-0.4, -0.2) is 18.0 Å². The van der Waals surface area contributed by atoms with Gasteiger partial charge in [-0.3, -0.25) is 10.1 Å². The number of amides is 1. The van der Waals surface area contributed by atoms with Gasteiger partial charge in [-0.05, 0) is 45.4 Å². The summed E-state index contributed by atoms with van der Waals surface area (Å²) in [4.78, 5) is 11.7. The minimum atomic E-state index is -0.285. The summed E-state index contributed by atoms with van der Waals surface area (Å²) in [5.41, 5.74) is 0.959. The van der Waals surface area contributed by atoms with Gasteiger partial charge in [0.05, 0.1) is 6.04 Å². The molecule has 0 heterocycles. The molecule has 0 aliphatic carbocycles. The van der Waals surface area contributed by atoms with E-state index in [1.54, 1.807) is 12.1 Å². The highest BCUT2D eigenvalue weighted by Crippen LogP contribution is 2.13. The Hall–Kier alpha value is -1.42. The quantitative estimate of drug-likeness (QED) is 0.845. The van der Waals surface area contributed by atoms with Crippen LogP contribution in [0.25, 0.3) is 0 Å². The van der Waals surface area contributed by atoms with Gasteiger partial charge in [0.15, 0.2) is 0 Å². The van der Waals surface area contributed by atoms with Gasteiger partial charge in [-0.25, -0.2) is 4.39 Å². The zero-order valence-corrected chi connectivity index (χ0v) is 11.3. The molecule has 4 heteroatoms. The molecule has 0 saturated carbocycles. The number of halogens is 1. The van der Waals surface area contributed by atoms with Crippen molar-refractivity contribution in [1.82, 2.24) is 10.6 Å². The van der Waals surface area contributed by atoms with Crippen LogP contribution in [0.15, 0.2) is 24.3 Å².